The minimum absolute atomic E-state index is 0.0871. The fourth-order valence-electron chi connectivity index (χ4n) is 3.24. The van der Waals surface area contributed by atoms with E-state index in [1.54, 1.807) is 0 Å². The maximum absolute atomic E-state index is 6.15. The molecule has 0 amide bonds. The Bertz CT molecular complexity index is 262. The van der Waals surface area contributed by atoms with E-state index < -0.39 is 0 Å². The highest BCUT2D eigenvalue weighted by atomic mass is 16.5. The molecule has 0 bridgehead atoms. The van der Waals surface area contributed by atoms with Gasteiger partial charge in [-0.15, -0.1) is 0 Å². The molecule has 3 heteroatoms. The molecule has 0 aromatic rings. The second kappa shape index (κ2) is 5.48. The van der Waals surface area contributed by atoms with Crippen molar-refractivity contribution >= 4 is 0 Å². The molecule has 0 saturated carbocycles. The Morgan fingerprint density at radius 1 is 1.28 bits per heavy atom. The Morgan fingerprint density at radius 2 is 1.72 bits per heavy atom. The van der Waals surface area contributed by atoms with Crippen LogP contribution < -0.4 is 5.73 Å². The van der Waals surface area contributed by atoms with Gasteiger partial charge in [0.05, 0.1) is 12.2 Å². The summed E-state index contributed by atoms with van der Waals surface area (Å²) in [5, 5.41) is 0. The zero-order valence-corrected chi connectivity index (χ0v) is 13.3. The van der Waals surface area contributed by atoms with Gasteiger partial charge in [-0.25, -0.2) is 0 Å². The first-order chi connectivity index (χ1) is 8.12. The number of hydrogen-bond acceptors (Lipinski definition) is 3. The molecule has 0 spiro atoms. The summed E-state index contributed by atoms with van der Waals surface area (Å²) in [5.41, 5.74) is 6.50. The second-order valence-corrected chi connectivity index (χ2v) is 7.25. The Balaban J connectivity index is 2.93. The fraction of sp³-hybridized carbons (Fsp3) is 1.00. The van der Waals surface area contributed by atoms with Gasteiger partial charge in [0.1, 0.15) is 0 Å². The quantitative estimate of drug-likeness (QED) is 0.843. The van der Waals surface area contributed by atoms with Crippen LogP contribution in [-0.2, 0) is 4.74 Å². The minimum Gasteiger partial charge on any atom is -0.375 e. The zero-order valence-electron chi connectivity index (χ0n) is 13.3. The topological polar surface area (TPSA) is 38.5 Å². The summed E-state index contributed by atoms with van der Waals surface area (Å²) in [5.74, 6) is 0. The van der Waals surface area contributed by atoms with Gasteiger partial charge >= 0.3 is 0 Å². The zero-order chi connectivity index (χ0) is 14.1. The van der Waals surface area contributed by atoms with Crippen LogP contribution in [0.15, 0.2) is 0 Å². The molecule has 3 nitrogen and oxygen atoms in total. The van der Waals surface area contributed by atoms with Crippen molar-refractivity contribution < 1.29 is 4.74 Å². The molecule has 0 aliphatic carbocycles. The lowest BCUT2D eigenvalue weighted by Crippen LogP contribution is -2.62. The molecule has 1 aliphatic heterocycles. The van der Waals surface area contributed by atoms with Crippen LogP contribution in [-0.4, -0.2) is 42.3 Å². The maximum Gasteiger partial charge on any atom is 0.0568 e. The highest BCUT2D eigenvalue weighted by Gasteiger charge is 2.44. The summed E-state index contributed by atoms with van der Waals surface area (Å²) < 4.78 is 5.88. The van der Waals surface area contributed by atoms with Gasteiger partial charge in [0.2, 0.25) is 0 Å². The van der Waals surface area contributed by atoms with Gasteiger partial charge in [-0.3, -0.25) is 4.90 Å². The molecule has 1 fully saturated rings. The van der Waals surface area contributed by atoms with E-state index in [1.165, 1.54) is 0 Å². The molecule has 1 rings (SSSR count). The van der Waals surface area contributed by atoms with E-state index in [1.807, 2.05) is 0 Å². The van der Waals surface area contributed by atoms with Gasteiger partial charge in [0, 0.05) is 18.1 Å². The standard InChI is InChI=1S/C15H32N2O/c1-11-8-15(10-16,9-12(2)18-11)17(7)13(3)14(4,5)6/h11-13H,8-10,16H2,1-7H3. The molecule has 0 aromatic heterocycles. The van der Waals surface area contributed by atoms with Crippen molar-refractivity contribution in [3.05, 3.63) is 0 Å². The van der Waals surface area contributed by atoms with Crippen LogP contribution in [0.25, 0.3) is 0 Å². The lowest BCUT2D eigenvalue weighted by Gasteiger charge is -2.52. The number of likely N-dealkylation sites (N-methyl/N-ethyl adjacent to an activating group) is 1. The summed E-state index contributed by atoms with van der Waals surface area (Å²) in [4.78, 5) is 2.50. The Labute approximate surface area is 113 Å². The van der Waals surface area contributed by atoms with Crippen molar-refractivity contribution in [3.8, 4) is 0 Å². The Hall–Kier alpha value is -0.120. The summed E-state index contributed by atoms with van der Waals surface area (Å²) in [6.45, 7) is 14.2. The highest BCUT2D eigenvalue weighted by molar-refractivity contribution is 4.99. The third-order valence-corrected chi connectivity index (χ3v) is 4.76. The molecular formula is C15H32N2O. The van der Waals surface area contributed by atoms with Crippen LogP contribution in [0.3, 0.4) is 0 Å². The summed E-state index contributed by atoms with van der Waals surface area (Å²) in [6, 6.07) is 0.499. The third-order valence-electron chi connectivity index (χ3n) is 4.76. The van der Waals surface area contributed by atoms with Gasteiger partial charge in [-0.05, 0) is 46.1 Å². The molecule has 18 heavy (non-hydrogen) atoms. The molecule has 1 heterocycles. The van der Waals surface area contributed by atoms with Crippen LogP contribution >= 0.6 is 0 Å². The predicted octanol–water partition coefficient (Wildman–Crippen LogP) is 2.64. The normalized spacial score (nSPS) is 35.8. The highest BCUT2D eigenvalue weighted by Crippen LogP contribution is 2.37. The molecule has 1 saturated heterocycles. The van der Waals surface area contributed by atoms with Gasteiger partial charge in [-0.2, -0.15) is 0 Å². The van der Waals surface area contributed by atoms with Gasteiger partial charge in [-0.1, -0.05) is 20.8 Å². The molecule has 0 aromatic carbocycles. The van der Waals surface area contributed by atoms with Crippen molar-refractivity contribution in [1.29, 1.82) is 0 Å². The molecule has 108 valence electrons. The van der Waals surface area contributed by atoms with Crippen molar-refractivity contribution in [2.24, 2.45) is 11.1 Å². The molecule has 3 atom stereocenters. The number of hydrogen-bond donors (Lipinski definition) is 1. The lowest BCUT2D eigenvalue weighted by molar-refractivity contribution is -0.113. The first-order valence-corrected chi connectivity index (χ1v) is 7.21. The van der Waals surface area contributed by atoms with Gasteiger partial charge in [0.25, 0.3) is 0 Å². The predicted molar refractivity (Wildman–Crippen MR) is 77.7 cm³/mol. The lowest BCUT2D eigenvalue weighted by atomic mass is 9.78. The number of rotatable bonds is 3. The molecule has 0 radical (unpaired) electrons. The van der Waals surface area contributed by atoms with Gasteiger partial charge in [0.15, 0.2) is 0 Å². The molecular weight excluding hydrogens is 224 g/mol. The van der Waals surface area contributed by atoms with Crippen molar-refractivity contribution in [1.82, 2.24) is 4.90 Å². The number of nitrogens with two attached hydrogens (primary N) is 1. The Kier molecular flexibility index (Phi) is 4.85. The average molecular weight is 256 g/mol. The maximum atomic E-state index is 6.15. The largest absolute Gasteiger partial charge is 0.375 e. The first kappa shape index (κ1) is 15.9. The van der Waals surface area contributed by atoms with E-state index in [-0.39, 0.29) is 11.0 Å². The van der Waals surface area contributed by atoms with Crippen molar-refractivity contribution in [2.75, 3.05) is 13.6 Å². The van der Waals surface area contributed by atoms with Crippen LogP contribution in [0.4, 0.5) is 0 Å². The molecule has 3 unspecified atom stereocenters. The van der Waals surface area contributed by atoms with E-state index in [4.69, 9.17) is 10.5 Å². The number of nitrogens with zero attached hydrogens (tertiary/aromatic N) is 1. The molecule has 2 N–H and O–H groups in total. The summed E-state index contributed by atoms with van der Waals surface area (Å²) in [6.07, 6.45) is 2.66. The molecule has 1 aliphatic rings. The van der Waals surface area contributed by atoms with Crippen molar-refractivity contribution in [3.63, 3.8) is 0 Å². The van der Waals surface area contributed by atoms with Crippen molar-refractivity contribution in [2.45, 2.75) is 78.2 Å². The third kappa shape index (κ3) is 3.25. The van der Waals surface area contributed by atoms with Crippen LogP contribution in [0, 0.1) is 5.41 Å². The Morgan fingerprint density at radius 3 is 2.06 bits per heavy atom. The van der Waals surface area contributed by atoms with E-state index in [0.29, 0.717) is 24.8 Å². The van der Waals surface area contributed by atoms with Gasteiger partial charge < -0.3 is 10.5 Å². The van der Waals surface area contributed by atoms with E-state index >= 15 is 0 Å². The first-order valence-electron chi connectivity index (χ1n) is 7.21. The SMILES string of the molecule is CC1CC(CN)(N(C)C(C)C(C)(C)C)CC(C)O1. The minimum atomic E-state index is 0.0871. The average Bonchev–Trinajstić information content (AvgIpc) is 2.24. The van der Waals surface area contributed by atoms with Crippen LogP contribution in [0.2, 0.25) is 0 Å². The van der Waals surface area contributed by atoms with Crippen LogP contribution in [0.1, 0.15) is 54.4 Å². The monoisotopic (exact) mass is 256 g/mol. The number of ether oxygens (including phenoxy) is 1. The van der Waals surface area contributed by atoms with E-state index in [0.717, 1.165) is 12.8 Å². The smallest absolute Gasteiger partial charge is 0.0568 e. The summed E-state index contributed by atoms with van der Waals surface area (Å²) >= 11 is 0. The van der Waals surface area contributed by atoms with Crippen LogP contribution in [0.5, 0.6) is 0 Å². The van der Waals surface area contributed by atoms with E-state index in [9.17, 15) is 0 Å². The van der Waals surface area contributed by atoms with E-state index in [2.05, 4.69) is 53.5 Å². The summed E-state index contributed by atoms with van der Waals surface area (Å²) in [7, 11) is 2.23. The fourth-order valence-corrected chi connectivity index (χ4v) is 3.24. The second-order valence-electron chi connectivity index (χ2n) is 7.25.